The first-order valence-electron chi connectivity index (χ1n) is 13.6. The summed E-state index contributed by atoms with van der Waals surface area (Å²) in [6.07, 6.45) is 1.88. The molecule has 4 nitrogen and oxygen atoms in total. The van der Waals surface area contributed by atoms with Crippen LogP contribution >= 0.6 is 0 Å². The third kappa shape index (κ3) is 5.47. The molecule has 0 aromatic heterocycles. The van der Waals surface area contributed by atoms with E-state index in [0.29, 0.717) is 6.61 Å². The molecule has 3 aromatic rings. The Labute approximate surface area is 223 Å². The molecule has 2 heterocycles. The van der Waals surface area contributed by atoms with Crippen LogP contribution in [0.1, 0.15) is 59.1 Å². The van der Waals surface area contributed by atoms with Gasteiger partial charge in [-0.05, 0) is 47.7 Å². The molecule has 4 atom stereocenters. The zero-order valence-corrected chi connectivity index (χ0v) is 23.8. The van der Waals surface area contributed by atoms with E-state index in [9.17, 15) is 0 Å². The minimum absolute atomic E-state index is 0.00762. The molecule has 0 amide bonds. The predicted octanol–water partition coefficient (Wildman–Crippen LogP) is 5.58. The van der Waals surface area contributed by atoms with Crippen molar-refractivity contribution in [1.29, 1.82) is 0 Å². The summed E-state index contributed by atoms with van der Waals surface area (Å²) in [5, 5.41) is 6.49. The lowest BCUT2D eigenvalue weighted by molar-refractivity contribution is -0.144. The fourth-order valence-electron chi connectivity index (χ4n) is 6.16. The molecule has 196 valence electrons. The number of hydrogen-bond acceptors (Lipinski definition) is 4. The van der Waals surface area contributed by atoms with Gasteiger partial charge in [-0.3, -0.25) is 0 Å². The zero-order valence-electron chi connectivity index (χ0n) is 22.8. The van der Waals surface area contributed by atoms with Crippen molar-refractivity contribution in [2.75, 3.05) is 6.61 Å². The van der Waals surface area contributed by atoms with Crippen molar-refractivity contribution in [3.63, 3.8) is 0 Å². The molecule has 0 saturated carbocycles. The Morgan fingerprint density at radius 1 is 0.811 bits per heavy atom. The van der Waals surface area contributed by atoms with E-state index in [1.165, 1.54) is 15.9 Å². The molecular formula is C32H41NO3Si. The third-order valence-corrected chi connectivity index (χ3v) is 13.0. The van der Waals surface area contributed by atoms with Crippen LogP contribution in [0, 0.1) is 0 Å². The van der Waals surface area contributed by atoms with Gasteiger partial charge in [-0.1, -0.05) is 112 Å². The highest BCUT2D eigenvalue weighted by molar-refractivity contribution is 6.99. The number of nitrogens with one attached hydrogen (secondary N) is 1. The minimum atomic E-state index is -2.66. The quantitative estimate of drug-likeness (QED) is 0.435. The first-order chi connectivity index (χ1) is 17.7. The molecule has 5 heteroatoms. The molecule has 2 saturated heterocycles. The monoisotopic (exact) mass is 515 g/mol. The van der Waals surface area contributed by atoms with Crippen molar-refractivity contribution >= 4 is 18.7 Å². The Bertz CT molecular complexity index is 1110. The van der Waals surface area contributed by atoms with E-state index < -0.39 is 14.1 Å². The second-order valence-corrected chi connectivity index (χ2v) is 16.2. The van der Waals surface area contributed by atoms with Crippen LogP contribution in [0.4, 0.5) is 0 Å². The fraction of sp³-hybridized carbons (Fsp3) is 0.438. The lowest BCUT2D eigenvalue weighted by Crippen LogP contribution is -2.68. The Balaban J connectivity index is 1.55. The molecule has 0 spiro atoms. The molecule has 0 unspecified atom stereocenters. The van der Waals surface area contributed by atoms with Crippen LogP contribution in [0.25, 0.3) is 0 Å². The molecule has 2 aliphatic heterocycles. The van der Waals surface area contributed by atoms with Gasteiger partial charge in [-0.2, -0.15) is 0 Å². The maximum atomic E-state index is 7.61. The third-order valence-electron chi connectivity index (χ3n) is 7.87. The van der Waals surface area contributed by atoms with Gasteiger partial charge in [-0.25, -0.2) is 0 Å². The molecule has 0 radical (unpaired) electrons. The van der Waals surface area contributed by atoms with E-state index >= 15 is 0 Å². The zero-order chi connectivity index (χ0) is 26.1. The van der Waals surface area contributed by atoms with Crippen LogP contribution in [0.15, 0.2) is 91.0 Å². The van der Waals surface area contributed by atoms with Gasteiger partial charge in [0, 0.05) is 18.2 Å². The normalized spacial score (nSPS) is 26.2. The van der Waals surface area contributed by atoms with Gasteiger partial charge in [0.1, 0.15) is 0 Å². The maximum absolute atomic E-state index is 7.61. The molecule has 0 bridgehead atoms. The van der Waals surface area contributed by atoms with Crippen LogP contribution < -0.4 is 15.7 Å². The summed E-state index contributed by atoms with van der Waals surface area (Å²) >= 11 is 0. The molecule has 2 aliphatic rings. The van der Waals surface area contributed by atoms with E-state index in [4.69, 9.17) is 13.9 Å². The summed E-state index contributed by atoms with van der Waals surface area (Å²) in [7, 11) is -2.66. The number of benzene rings is 3. The molecule has 2 fully saturated rings. The first-order valence-corrected chi connectivity index (χ1v) is 15.5. The van der Waals surface area contributed by atoms with Crippen molar-refractivity contribution in [3.8, 4) is 0 Å². The number of ether oxygens (including phenoxy) is 2. The van der Waals surface area contributed by atoms with Crippen LogP contribution in [-0.2, 0) is 13.9 Å². The highest BCUT2D eigenvalue weighted by Gasteiger charge is 2.53. The summed E-state index contributed by atoms with van der Waals surface area (Å²) < 4.78 is 20.0. The summed E-state index contributed by atoms with van der Waals surface area (Å²) in [6, 6.07) is 33.0. The van der Waals surface area contributed by atoms with Crippen molar-refractivity contribution < 1.29 is 13.9 Å². The largest absolute Gasteiger partial charge is 0.404 e. The number of piperidine rings is 1. The predicted molar refractivity (Wildman–Crippen MR) is 153 cm³/mol. The van der Waals surface area contributed by atoms with Gasteiger partial charge in [0.2, 0.25) is 0 Å². The first kappa shape index (κ1) is 26.3. The Hall–Kier alpha value is -2.28. The van der Waals surface area contributed by atoms with Crippen molar-refractivity contribution in [3.05, 3.63) is 96.6 Å². The van der Waals surface area contributed by atoms with Gasteiger partial charge in [-0.15, -0.1) is 0 Å². The van der Waals surface area contributed by atoms with E-state index in [-0.39, 0.29) is 29.3 Å². The Morgan fingerprint density at radius 3 is 1.84 bits per heavy atom. The van der Waals surface area contributed by atoms with Gasteiger partial charge < -0.3 is 19.2 Å². The van der Waals surface area contributed by atoms with Crippen LogP contribution in [0.3, 0.4) is 0 Å². The second-order valence-electron chi connectivity index (χ2n) is 12.0. The lowest BCUT2D eigenvalue weighted by atomic mass is 9.89. The van der Waals surface area contributed by atoms with Crippen LogP contribution in [-0.4, -0.2) is 39.0 Å². The molecular weight excluding hydrogens is 474 g/mol. The fourth-order valence-corrected chi connectivity index (χ4v) is 10.9. The van der Waals surface area contributed by atoms with Crippen molar-refractivity contribution in [1.82, 2.24) is 5.32 Å². The molecule has 5 rings (SSSR count). The lowest BCUT2D eigenvalue weighted by Gasteiger charge is -2.48. The van der Waals surface area contributed by atoms with E-state index in [1.54, 1.807) is 0 Å². The topological polar surface area (TPSA) is 39.7 Å². The molecule has 37 heavy (non-hydrogen) atoms. The Morgan fingerprint density at radius 2 is 1.35 bits per heavy atom. The van der Waals surface area contributed by atoms with Gasteiger partial charge >= 0.3 is 0 Å². The highest BCUT2D eigenvalue weighted by Crippen LogP contribution is 2.41. The maximum Gasteiger partial charge on any atom is 0.261 e. The minimum Gasteiger partial charge on any atom is -0.404 e. The van der Waals surface area contributed by atoms with Gasteiger partial charge in [0.25, 0.3) is 8.32 Å². The molecule has 1 N–H and O–H groups in total. The van der Waals surface area contributed by atoms with Crippen molar-refractivity contribution in [2.45, 2.75) is 82.6 Å². The highest BCUT2D eigenvalue weighted by atomic mass is 28.4. The van der Waals surface area contributed by atoms with Gasteiger partial charge in [0.15, 0.2) is 5.79 Å². The number of rotatable bonds is 6. The molecule has 0 aliphatic carbocycles. The van der Waals surface area contributed by atoms with Crippen LogP contribution in [0.5, 0.6) is 0 Å². The average molecular weight is 516 g/mol. The summed E-state index contributed by atoms with van der Waals surface area (Å²) in [5.41, 5.74) is 1.29. The van der Waals surface area contributed by atoms with Crippen molar-refractivity contribution in [2.24, 2.45) is 0 Å². The van der Waals surface area contributed by atoms with Gasteiger partial charge in [0.05, 0.1) is 12.7 Å². The average Bonchev–Trinajstić information content (AvgIpc) is 3.27. The van der Waals surface area contributed by atoms with E-state index in [1.807, 2.05) is 13.8 Å². The van der Waals surface area contributed by atoms with E-state index in [2.05, 4.69) is 117 Å². The SMILES string of the molecule is CC1(C)OC[C@H]([C@@H]2C[C@H](O[Si](c3ccccc3)(c3ccccc3)C(C)(C)C)C[C@H](c3ccccc3)N2)O1. The smallest absolute Gasteiger partial charge is 0.261 e. The Kier molecular flexibility index (Phi) is 7.45. The molecule has 3 aromatic carbocycles. The summed E-state index contributed by atoms with van der Waals surface area (Å²) in [5.74, 6) is -0.555. The van der Waals surface area contributed by atoms with Crippen LogP contribution in [0.2, 0.25) is 5.04 Å². The van der Waals surface area contributed by atoms with E-state index in [0.717, 1.165) is 12.8 Å². The summed E-state index contributed by atoms with van der Waals surface area (Å²) in [4.78, 5) is 0. The second kappa shape index (κ2) is 10.5. The summed E-state index contributed by atoms with van der Waals surface area (Å²) in [6.45, 7) is 11.6. The standard InChI is InChI=1S/C32H41NO3Si/c1-31(2,3)37(26-17-11-7-12-18-26,27-19-13-8-14-20-27)36-25-21-28(24-15-9-6-10-16-24)33-29(22-25)30-23-34-32(4,5)35-30/h6-20,25,28-30,33H,21-23H2,1-5H3/t25-,28-,29+,30-/m1/s1. The number of hydrogen-bond donors (Lipinski definition) is 1.